The van der Waals surface area contributed by atoms with Crippen molar-refractivity contribution in [2.45, 2.75) is 12.3 Å². The molecule has 0 heterocycles. The molecule has 1 nitrogen and oxygen atoms in total. The summed E-state index contributed by atoms with van der Waals surface area (Å²) in [6.07, 6.45) is 0.776. The Labute approximate surface area is 131 Å². The summed E-state index contributed by atoms with van der Waals surface area (Å²) in [5, 5.41) is 1.43. The fourth-order valence-corrected chi connectivity index (χ4v) is 3.09. The van der Waals surface area contributed by atoms with Gasteiger partial charge in [0.2, 0.25) is 0 Å². The highest BCUT2D eigenvalue weighted by molar-refractivity contribution is 9.10. The minimum atomic E-state index is 0.214. The van der Waals surface area contributed by atoms with E-state index in [0.717, 1.165) is 21.5 Å². The maximum absolute atomic E-state index is 6.21. The summed E-state index contributed by atoms with van der Waals surface area (Å²) in [6, 6.07) is 13.6. The Bertz CT molecular complexity index is 572. The van der Waals surface area contributed by atoms with Crippen LogP contribution in [0.25, 0.3) is 0 Å². The van der Waals surface area contributed by atoms with Gasteiger partial charge in [-0.05, 0) is 48.4 Å². The average molecular weight is 359 g/mol. The average Bonchev–Trinajstić information content (AvgIpc) is 2.41. The van der Waals surface area contributed by atoms with Crippen molar-refractivity contribution in [3.63, 3.8) is 0 Å². The Hall–Kier alpha value is -0.540. The third-order valence-electron chi connectivity index (χ3n) is 3.10. The van der Waals surface area contributed by atoms with Crippen LogP contribution in [-0.2, 0) is 6.42 Å². The monoisotopic (exact) mass is 357 g/mol. The van der Waals surface area contributed by atoms with Crippen LogP contribution in [0.2, 0.25) is 10.0 Å². The largest absolute Gasteiger partial charge is 0.330 e. The van der Waals surface area contributed by atoms with Crippen molar-refractivity contribution in [1.29, 1.82) is 0 Å². The molecule has 0 aromatic heterocycles. The molecule has 0 spiro atoms. The van der Waals surface area contributed by atoms with E-state index in [-0.39, 0.29) is 5.92 Å². The molecule has 1 unspecified atom stereocenters. The second-order valence-electron chi connectivity index (χ2n) is 4.39. The molecule has 0 aliphatic rings. The van der Waals surface area contributed by atoms with E-state index < -0.39 is 0 Å². The van der Waals surface area contributed by atoms with E-state index in [4.69, 9.17) is 28.9 Å². The van der Waals surface area contributed by atoms with Crippen LogP contribution in [0.4, 0.5) is 0 Å². The Morgan fingerprint density at radius 1 is 1.11 bits per heavy atom. The summed E-state index contributed by atoms with van der Waals surface area (Å²) in [5.74, 6) is 0.214. The number of nitrogens with two attached hydrogens (primary N) is 1. The smallest absolute Gasteiger partial charge is 0.0439 e. The zero-order valence-electron chi connectivity index (χ0n) is 10.2. The molecule has 0 saturated heterocycles. The molecular weight excluding hydrogens is 345 g/mol. The van der Waals surface area contributed by atoms with Crippen molar-refractivity contribution in [2.75, 3.05) is 6.54 Å². The number of hydrogen-bond donors (Lipinski definition) is 1. The fourth-order valence-electron chi connectivity index (χ4n) is 2.09. The lowest BCUT2D eigenvalue weighted by molar-refractivity contribution is 0.691. The molecule has 1 atom stereocenters. The summed E-state index contributed by atoms with van der Waals surface area (Å²) in [7, 11) is 0. The normalized spacial score (nSPS) is 12.4. The summed E-state index contributed by atoms with van der Waals surface area (Å²) in [6.45, 7) is 0.561. The van der Waals surface area contributed by atoms with Crippen LogP contribution in [0, 0.1) is 0 Å². The Morgan fingerprint density at radius 2 is 1.84 bits per heavy atom. The summed E-state index contributed by atoms with van der Waals surface area (Å²) in [4.78, 5) is 0. The maximum atomic E-state index is 6.21. The van der Waals surface area contributed by atoms with Gasteiger partial charge in [0.25, 0.3) is 0 Å². The van der Waals surface area contributed by atoms with Gasteiger partial charge in [-0.15, -0.1) is 0 Å². The summed E-state index contributed by atoms with van der Waals surface area (Å²) in [5.41, 5.74) is 8.14. The van der Waals surface area contributed by atoms with Crippen LogP contribution in [0.5, 0.6) is 0 Å². The molecule has 4 heteroatoms. The molecule has 19 heavy (non-hydrogen) atoms. The van der Waals surface area contributed by atoms with E-state index >= 15 is 0 Å². The molecule has 2 N–H and O–H groups in total. The van der Waals surface area contributed by atoms with Gasteiger partial charge in [0, 0.05) is 20.4 Å². The highest BCUT2D eigenvalue weighted by Crippen LogP contribution is 2.30. The van der Waals surface area contributed by atoms with Crippen LogP contribution in [-0.4, -0.2) is 6.54 Å². The number of halogens is 3. The Kier molecular flexibility index (Phi) is 5.28. The first kappa shape index (κ1) is 14.9. The zero-order chi connectivity index (χ0) is 13.8. The van der Waals surface area contributed by atoms with Crippen LogP contribution in [0.1, 0.15) is 17.0 Å². The Balaban J connectivity index is 2.29. The van der Waals surface area contributed by atoms with Crippen LogP contribution in [0.15, 0.2) is 46.9 Å². The zero-order valence-corrected chi connectivity index (χ0v) is 13.3. The number of benzene rings is 2. The lowest BCUT2D eigenvalue weighted by Crippen LogP contribution is -2.15. The van der Waals surface area contributed by atoms with Gasteiger partial charge in [0.15, 0.2) is 0 Å². The van der Waals surface area contributed by atoms with E-state index in [1.165, 1.54) is 5.56 Å². The van der Waals surface area contributed by atoms with E-state index in [9.17, 15) is 0 Å². The first-order chi connectivity index (χ1) is 9.11. The SMILES string of the molecule is NCC(Cc1cc(Cl)ccc1Cl)c1ccccc1Br. The van der Waals surface area contributed by atoms with Gasteiger partial charge in [-0.1, -0.05) is 57.3 Å². The minimum Gasteiger partial charge on any atom is -0.330 e. The molecular formula is C15H14BrCl2N. The van der Waals surface area contributed by atoms with E-state index in [0.29, 0.717) is 11.6 Å². The van der Waals surface area contributed by atoms with Crippen molar-refractivity contribution < 1.29 is 0 Å². The molecule has 0 amide bonds. The van der Waals surface area contributed by atoms with Crippen molar-refractivity contribution in [3.05, 3.63) is 68.1 Å². The van der Waals surface area contributed by atoms with Gasteiger partial charge in [0.05, 0.1) is 0 Å². The lowest BCUT2D eigenvalue weighted by atomic mass is 9.92. The minimum absolute atomic E-state index is 0.214. The van der Waals surface area contributed by atoms with Gasteiger partial charge < -0.3 is 5.73 Å². The highest BCUT2D eigenvalue weighted by Gasteiger charge is 2.15. The molecule has 0 aliphatic heterocycles. The number of hydrogen-bond acceptors (Lipinski definition) is 1. The molecule has 2 rings (SSSR count). The van der Waals surface area contributed by atoms with Gasteiger partial charge in [0.1, 0.15) is 0 Å². The Morgan fingerprint density at radius 3 is 2.53 bits per heavy atom. The third-order valence-corrected chi connectivity index (χ3v) is 4.43. The molecule has 0 bridgehead atoms. The van der Waals surface area contributed by atoms with Crippen LogP contribution >= 0.6 is 39.1 Å². The first-order valence-corrected chi connectivity index (χ1v) is 7.55. The standard InChI is InChI=1S/C15H14BrCl2N/c16-14-4-2-1-3-13(14)11(9-19)7-10-8-12(17)5-6-15(10)18/h1-6,8,11H,7,9,19H2. The quantitative estimate of drug-likeness (QED) is 0.813. The predicted octanol–water partition coefficient (Wildman–Crippen LogP) is 5.04. The highest BCUT2D eigenvalue weighted by atomic mass is 79.9. The van der Waals surface area contributed by atoms with Gasteiger partial charge >= 0.3 is 0 Å². The van der Waals surface area contributed by atoms with E-state index in [1.54, 1.807) is 6.07 Å². The van der Waals surface area contributed by atoms with Crippen molar-refractivity contribution >= 4 is 39.1 Å². The summed E-state index contributed by atoms with van der Waals surface area (Å²) < 4.78 is 1.07. The van der Waals surface area contributed by atoms with E-state index in [1.807, 2.05) is 30.3 Å². The van der Waals surface area contributed by atoms with Crippen molar-refractivity contribution in [1.82, 2.24) is 0 Å². The van der Waals surface area contributed by atoms with Crippen LogP contribution in [0.3, 0.4) is 0 Å². The maximum Gasteiger partial charge on any atom is 0.0439 e. The fraction of sp³-hybridized carbons (Fsp3) is 0.200. The van der Waals surface area contributed by atoms with Crippen molar-refractivity contribution in [3.8, 4) is 0 Å². The van der Waals surface area contributed by atoms with Gasteiger partial charge in [-0.2, -0.15) is 0 Å². The topological polar surface area (TPSA) is 26.0 Å². The lowest BCUT2D eigenvalue weighted by Gasteiger charge is -2.18. The summed E-state index contributed by atoms with van der Waals surface area (Å²) >= 11 is 15.8. The van der Waals surface area contributed by atoms with Crippen molar-refractivity contribution in [2.24, 2.45) is 5.73 Å². The van der Waals surface area contributed by atoms with Gasteiger partial charge in [-0.3, -0.25) is 0 Å². The molecule has 0 saturated carbocycles. The first-order valence-electron chi connectivity index (χ1n) is 6.00. The molecule has 2 aromatic carbocycles. The second kappa shape index (κ2) is 6.76. The molecule has 0 radical (unpaired) electrons. The molecule has 100 valence electrons. The molecule has 2 aromatic rings. The third kappa shape index (κ3) is 3.73. The van der Waals surface area contributed by atoms with Crippen LogP contribution < -0.4 is 5.73 Å². The van der Waals surface area contributed by atoms with Gasteiger partial charge in [-0.25, -0.2) is 0 Å². The second-order valence-corrected chi connectivity index (χ2v) is 6.09. The predicted molar refractivity (Wildman–Crippen MR) is 86.1 cm³/mol. The molecule has 0 aliphatic carbocycles. The van der Waals surface area contributed by atoms with E-state index in [2.05, 4.69) is 22.0 Å². The molecule has 0 fully saturated rings. The number of rotatable bonds is 4.